The lowest BCUT2D eigenvalue weighted by atomic mass is 9.84. The number of nitrogens with one attached hydrogen (secondary N) is 1. The van der Waals surface area contributed by atoms with Gasteiger partial charge >= 0.3 is 0 Å². The lowest BCUT2D eigenvalue weighted by Gasteiger charge is -2.39. The number of amides is 2. The Bertz CT molecular complexity index is 563. The van der Waals surface area contributed by atoms with Gasteiger partial charge in [-0.2, -0.15) is 0 Å². The van der Waals surface area contributed by atoms with Crippen molar-refractivity contribution in [1.29, 1.82) is 0 Å². The topological polar surface area (TPSA) is 49.4 Å². The van der Waals surface area contributed by atoms with Gasteiger partial charge in [0.25, 0.3) is 5.91 Å². The van der Waals surface area contributed by atoms with E-state index in [9.17, 15) is 9.59 Å². The number of carbonyl (C=O) groups is 2. The summed E-state index contributed by atoms with van der Waals surface area (Å²) in [5.41, 5.74) is 1.25. The van der Waals surface area contributed by atoms with E-state index in [1.807, 2.05) is 39.8 Å². The zero-order valence-electron chi connectivity index (χ0n) is 12.2. The van der Waals surface area contributed by atoms with E-state index in [-0.39, 0.29) is 23.8 Å². The minimum Gasteiger partial charge on any atom is -0.342 e. The first-order valence-electron chi connectivity index (χ1n) is 6.57. The third-order valence-corrected chi connectivity index (χ3v) is 3.70. The maximum Gasteiger partial charge on any atom is 0.250 e. The van der Waals surface area contributed by atoms with Gasteiger partial charge in [0.05, 0.1) is 10.7 Å². The molecular weight excluding hydrogens is 276 g/mol. The fourth-order valence-corrected chi connectivity index (χ4v) is 2.49. The smallest absolute Gasteiger partial charge is 0.250 e. The highest BCUT2D eigenvalue weighted by molar-refractivity contribution is 6.34. The molecular formula is C15H19ClN2O2. The first kappa shape index (κ1) is 14.9. The Balaban J connectivity index is 2.43. The number of aryl methyl sites for hydroxylation is 1. The van der Waals surface area contributed by atoms with Crippen LogP contribution >= 0.6 is 11.6 Å². The molecule has 108 valence electrons. The molecule has 1 aromatic carbocycles. The van der Waals surface area contributed by atoms with E-state index in [0.717, 1.165) is 5.56 Å². The molecule has 0 radical (unpaired) electrons. The molecule has 5 heteroatoms. The van der Waals surface area contributed by atoms with Crippen molar-refractivity contribution in [2.45, 2.75) is 33.7 Å². The number of benzene rings is 1. The maximum absolute atomic E-state index is 12.6. The Hall–Kier alpha value is -1.55. The van der Waals surface area contributed by atoms with Crippen molar-refractivity contribution >= 4 is 29.1 Å². The van der Waals surface area contributed by atoms with E-state index >= 15 is 0 Å². The summed E-state index contributed by atoms with van der Waals surface area (Å²) in [4.78, 5) is 26.0. The van der Waals surface area contributed by atoms with E-state index < -0.39 is 6.04 Å². The van der Waals surface area contributed by atoms with Gasteiger partial charge in [-0.1, -0.05) is 38.4 Å². The number of hydrogen-bond donors (Lipinski definition) is 1. The van der Waals surface area contributed by atoms with Crippen LogP contribution in [-0.4, -0.2) is 24.4 Å². The summed E-state index contributed by atoms with van der Waals surface area (Å²) in [6, 6.07) is 4.92. The molecule has 1 fully saturated rings. The highest BCUT2D eigenvalue weighted by Gasteiger charge is 2.40. The number of carbonyl (C=O) groups excluding carboxylic acids is 2. The quantitative estimate of drug-likeness (QED) is 0.865. The minimum atomic E-state index is -0.541. The van der Waals surface area contributed by atoms with Crippen molar-refractivity contribution in [3.8, 4) is 0 Å². The Morgan fingerprint density at radius 2 is 1.95 bits per heavy atom. The summed E-state index contributed by atoms with van der Waals surface area (Å²) >= 11 is 6.18. The molecule has 2 rings (SSSR count). The second kappa shape index (κ2) is 5.09. The molecule has 1 saturated heterocycles. The van der Waals surface area contributed by atoms with Crippen molar-refractivity contribution in [1.82, 2.24) is 5.32 Å². The number of halogens is 1. The molecule has 0 spiro atoms. The van der Waals surface area contributed by atoms with Crippen molar-refractivity contribution < 1.29 is 9.59 Å². The van der Waals surface area contributed by atoms with Crippen LogP contribution in [0.3, 0.4) is 0 Å². The van der Waals surface area contributed by atoms with Crippen molar-refractivity contribution in [2.75, 3.05) is 11.4 Å². The SMILES string of the molecule is Cc1ccc(Cl)c(N2CC(=O)NC(C(C)(C)C)C2=O)c1. The molecule has 1 heterocycles. The second-order valence-corrected chi connectivity index (χ2v) is 6.65. The predicted octanol–water partition coefficient (Wildman–Crippen LogP) is 2.53. The number of piperazine rings is 1. The Morgan fingerprint density at radius 3 is 2.55 bits per heavy atom. The monoisotopic (exact) mass is 294 g/mol. The highest BCUT2D eigenvalue weighted by atomic mass is 35.5. The molecule has 0 aliphatic carbocycles. The van der Waals surface area contributed by atoms with E-state index in [4.69, 9.17) is 11.6 Å². The zero-order valence-corrected chi connectivity index (χ0v) is 12.9. The molecule has 1 aliphatic rings. The number of hydrogen-bond acceptors (Lipinski definition) is 2. The van der Waals surface area contributed by atoms with Crippen LogP contribution in [0.15, 0.2) is 18.2 Å². The molecule has 1 N–H and O–H groups in total. The van der Waals surface area contributed by atoms with E-state index in [2.05, 4.69) is 5.32 Å². The molecule has 2 amide bonds. The summed E-state index contributed by atoms with van der Waals surface area (Å²) in [6.07, 6.45) is 0. The molecule has 1 unspecified atom stereocenters. The van der Waals surface area contributed by atoms with Gasteiger partial charge in [0.2, 0.25) is 5.91 Å². The number of anilines is 1. The van der Waals surface area contributed by atoms with Gasteiger partial charge in [0.1, 0.15) is 12.6 Å². The van der Waals surface area contributed by atoms with Crippen LogP contribution in [0.5, 0.6) is 0 Å². The summed E-state index contributed by atoms with van der Waals surface area (Å²) in [6.45, 7) is 7.72. The normalized spacial score (nSPS) is 20.1. The lowest BCUT2D eigenvalue weighted by molar-refractivity contribution is -0.133. The summed E-state index contributed by atoms with van der Waals surface area (Å²) in [5, 5.41) is 3.24. The van der Waals surface area contributed by atoms with Gasteiger partial charge in [-0.15, -0.1) is 0 Å². The molecule has 1 aliphatic heterocycles. The molecule has 1 aromatic rings. The largest absolute Gasteiger partial charge is 0.342 e. The number of rotatable bonds is 1. The van der Waals surface area contributed by atoms with Crippen LogP contribution in [-0.2, 0) is 9.59 Å². The van der Waals surface area contributed by atoms with Crippen LogP contribution in [0.4, 0.5) is 5.69 Å². The number of nitrogens with zero attached hydrogens (tertiary/aromatic N) is 1. The molecule has 0 aromatic heterocycles. The van der Waals surface area contributed by atoms with Crippen LogP contribution in [0.25, 0.3) is 0 Å². The second-order valence-electron chi connectivity index (χ2n) is 6.25. The fourth-order valence-electron chi connectivity index (χ4n) is 2.27. The zero-order chi connectivity index (χ0) is 15.1. The van der Waals surface area contributed by atoms with Gasteiger partial charge in [0, 0.05) is 0 Å². The molecule has 0 bridgehead atoms. The first-order chi connectivity index (χ1) is 9.20. The fraction of sp³-hybridized carbons (Fsp3) is 0.467. The lowest BCUT2D eigenvalue weighted by Crippen LogP contribution is -2.62. The van der Waals surface area contributed by atoms with Gasteiger partial charge in [-0.3, -0.25) is 14.5 Å². The van der Waals surface area contributed by atoms with Crippen LogP contribution < -0.4 is 10.2 Å². The molecule has 20 heavy (non-hydrogen) atoms. The minimum absolute atomic E-state index is 0.00852. The van der Waals surface area contributed by atoms with Gasteiger partial charge in [-0.25, -0.2) is 0 Å². The Morgan fingerprint density at radius 1 is 1.30 bits per heavy atom. The van der Waals surface area contributed by atoms with E-state index in [0.29, 0.717) is 10.7 Å². The standard InChI is InChI=1S/C15H19ClN2O2/c1-9-5-6-10(16)11(7-9)18-8-12(19)17-13(14(18)20)15(2,3)4/h5-7,13H,8H2,1-4H3,(H,17,19). The summed E-state index contributed by atoms with van der Waals surface area (Å²) in [7, 11) is 0. The van der Waals surface area contributed by atoms with Crippen molar-refractivity contribution in [3.63, 3.8) is 0 Å². The molecule has 0 saturated carbocycles. The average molecular weight is 295 g/mol. The van der Waals surface area contributed by atoms with Gasteiger partial charge < -0.3 is 5.32 Å². The summed E-state index contributed by atoms with van der Waals surface area (Å²) < 4.78 is 0. The highest BCUT2D eigenvalue weighted by Crippen LogP contribution is 2.31. The van der Waals surface area contributed by atoms with Crippen molar-refractivity contribution in [3.05, 3.63) is 28.8 Å². The van der Waals surface area contributed by atoms with Crippen LogP contribution in [0, 0.1) is 12.3 Å². The van der Waals surface area contributed by atoms with E-state index in [1.54, 1.807) is 6.07 Å². The Kier molecular flexibility index (Phi) is 3.78. The van der Waals surface area contributed by atoms with E-state index in [1.165, 1.54) is 4.90 Å². The van der Waals surface area contributed by atoms with Crippen LogP contribution in [0.2, 0.25) is 5.02 Å². The predicted molar refractivity (Wildman–Crippen MR) is 79.9 cm³/mol. The summed E-state index contributed by atoms with van der Waals surface area (Å²) in [5.74, 6) is -0.285. The molecule has 1 atom stereocenters. The Labute approximate surface area is 124 Å². The maximum atomic E-state index is 12.6. The third-order valence-electron chi connectivity index (χ3n) is 3.38. The van der Waals surface area contributed by atoms with Gasteiger partial charge in [0.15, 0.2) is 0 Å². The first-order valence-corrected chi connectivity index (χ1v) is 6.95. The van der Waals surface area contributed by atoms with Crippen LogP contribution in [0.1, 0.15) is 26.3 Å². The third kappa shape index (κ3) is 2.80. The average Bonchev–Trinajstić information content (AvgIpc) is 2.33. The van der Waals surface area contributed by atoms with Gasteiger partial charge in [-0.05, 0) is 30.0 Å². The van der Waals surface area contributed by atoms with Crippen molar-refractivity contribution in [2.24, 2.45) is 5.41 Å². The molecule has 4 nitrogen and oxygen atoms in total.